The van der Waals surface area contributed by atoms with Crippen molar-refractivity contribution in [1.29, 1.82) is 0 Å². The van der Waals surface area contributed by atoms with Gasteiger partial charge in [0.2, 0.25) is 11.8 Å². The van der Waals surface area contributed by atoms with Crippen LogP contribution >= 0.6 is 0 Å². The van der Waals surface area contributed by atoms with E-state index in [1.54, 1.807) is 32.6 Å². The first-order valence-electron chi connectivity index (χ1n) is 12.6. The highest BCUT2D eigenvalue weighted by Crippen LogP contribution is 2.41. The maximum Gasteiger partial charge on any atom is 0.408 e. The molecule has 1 aliphatic carbocycles. The lowest BCUT2D eigenvalue weighted by molar-refractivity contribution is -0.143. The molecule has 2 N–H and O–H groups in total. The van der Waals surface area contributed by atoms with Crippen LogP contribution in [0.5, 0.6) is 0 Å². The number of carbonyl (C=O) groups excluding carboxylic acids is 3. The first kappa shape index (κ1) is 27.2. The fraction of sp³-hybridized carbons (Fsp3) is 0.483. The van der Waals surface area contributed by atoms with Crippen LogP contribution in [0.25, 0.3) is 0 Å². The van der Waals surface area contributed by atoms with E-state index in [9.17, 15) is 14.4 Å². The van der Waals surface area contributed by atoms with Crippen molar-refractivity contribution in [1.82, 2.24) is 15.5 Å². The SMILES string of the molecule is Cc1cccc(C(C(=O)NCc2ccccc2)N(C(=O)C(C)NC(=O)OC(C)(C)C)C2CC2C)c1C. The lowest BCUT2D eigenvalue weighted by atomic mass is 9.94. The molecule has 1 fully saturated rings. The van der Waals surface area contributed by atoms with Crippen LogP contribution in [0.3, 0.4) is 0 Å². The van der Waals surface area contributed by atoms with Gasteiger partial charge in [-0.3, -0.25) is 9.59 Å². The summed E-state index contributed by atoms with van der Waals surface area (Å²) in [5.41, 5.74) is 3.09. The van der Waals surface area contributed by atoms with Crippen LogP contribution in [0.2, 0.25) is 0 Å². The van der Waals surface area contributed by atoms with Crippen molar-refractivity contribution in [2.45, 2.75) is 85.2 Å². The van der Waals surface area contributed by atoms with E-state index < -0.39 is 23.8 Å². The third-order valence-corrected chi connectivity index (χ3v) is 6.56. The van der Waals surface area contributed by atoms with Crippen LogP contribution < -0.4 is 10.6 Å². The molecule has 0 saturated heterocycles. The monoisotopic (exact) mass is 493 g/mol. The van der Waals surface area contributed by atoms with Crippen LogP contribution in [0.4, 0.5) is 4.79 Å². The van der Waals surface area contributed by atoms with E-state index >= 15 is 0 Å². The molecule has 0 heterocycles. The number of aryl methyl sites for hydroxylation is 1. The minimum Gasteiger partial charge on any atom is -0.444 e. The molecule has 7 nitrogen and oxygen atoms in total. The molecule has 0 aliphatic heterocycles. The molecular weight excluding hydrogens is 454 g/mol. The summed E-state index contributed by atoms with van der Waals surface area (Å²) in [5, 5.41) is 5.70. The number of hydrogen-bond acceptors (Lipinski definition) is 4. The Bertz CT molecular complexity index is 1090. The summed E-state index contributed by atoms with van der Waals surface area (Å²) in [4.78, 5) is 41.7. The van der Waals surface area contributed by atoms with Gasteiger partial charge < -0.3 is 20.3 Å². The first-order valence-corrected chi connectivity index (χ1v) is 12.6. The standard InChI is InChI=1S/C29H39N3O4/c1-18-12-11-15-23(20(18)3)25(26(33)30-17-22-13-9-8-10-14-22)32(24-16-19(24)2)27(34)21(4)31-28(35)36-29(5,6)7/h8-15,19,21,24-25H,16-17H2,1-7H3,(H,30,33)(H,31,35). The third kappa shape index (κ3) is 6.86. The lowest BCUT2D eigenvalue weighted by Crippen LogP contribution is -2.53. The molecule has 194 valence electrons. The van der Waals surface area contributed by atoms with Crippen molar-refractivity contribution in [3.63, 3.8) is 0 Å². The van der Waals surface area contributed by atoms with Gasteiger partial charge in [0.1, 0.15) is 17.7 Å². The van der Waals surface area contributed by atoms with Crippen LogP contribution in [0.1, 0.15) is 69.3 Å². The van der Waals surface area contributed by atoms with Crippen LogP contribution in [-0.4, -0.2) is 40.5 Å². The second-order valence-electron chi connectivity index (χ2n) is 10.8. The zero-order valence-electron chi connectivity index (χ0n) is 22.4. The number of carbonyl (C=O) groups is 3. The Morgan fingerprint density at radius 3 is 2.28 bits per heavy atom. The summed E-state index contributed by atoms with van der Waals surface area (Å²) in [7, 11) is 0. The Hall–Kier alpha value is -3.35. The normalized spacial score (nSPS) is 18.5. The molecule has 0 bridgehead atoms. The first-order chi connectivity index (χ1) is 16.9. The molecule has 3 rings (SSSR count). The molecule has 0 spiro atoms. The molecule has 4 atom stereocenters. The second kappa shape index (κ2) is 11.1. The molecule has 0 radical (unpaired) electrons. The summed E-state index contributed by atoms with van der Waals surface area (Å²) in [6.07, 6.45) is 0.141. The molecule has 1 aliphatic rings. The molecular formula is C29H39N3O4. The van der Waals surface area contributed by atoms with E-state index in [0.29, 0.717) is 6.54 Å². The van der Waals surface area contributed by atoms with E-state index in [-0.39, 0.29) is 23.8 Å². The van der Waals surface area contributed by atoms with Crippen molar-refractivity contribution in [2.24, 2.45) is 5.92 Å². The van der Waals surface area contributed by atoms with Gasteiger partial charge in [-0.05, 0) is 76.1 Å². The molecule has 3 amide bonds. The highest BCUT2D eigenvalue weighted by molar-refractivity contribution is 5.92. The quantitative estimate of drug-likeness (QED) is 0.552. The molecule has 2 aromatic carbocycles. The number of nitrogens with one attached hydrogen (secondary N) is 2. The second-order valence-corrected chi connectivity index (χ2v) is 10.8. The van der Waals surface area contributed by atoms with Gasteiger partial charge in [0.15, 0.2) is 0 Å². The highest BCUT2D eigenvalue weighted by Gasteiger charge is 2.47. The number of alkyl carbamates (subject to hydrolysis) is 1. The summed E-state index contributed by atoms with van der Waals surface area (Å²) >= 11 is 0. The zero-order valence-corrected chi connectivity index (χ0v) is 22.4. The number of rotatable bonds is 8. The zero-order chi connectivity index (χ0) is 26.6. The van der Waals surface area contributed by atoms with Crippen LogP contribution in [0.15, 0.2) is 48.5 Å². The number of amides is 3. The molecule has 36 heavy (non-hydrogen) atoms. The molecule has 1 saturated carbocycles. The smallest absolute Gasteiger partial charge is 0.408 e. The Morgan fingerprint density at radius 1 is 1.06 bits per heavy atom. The molecule has 4 unspecified atom stereocenters. The Balaban J connectivity index is 1.93. The van der Waals surface area contributed by atoms with Crippen molar-refractivity contribution in [3.8, 4) is 0 Å². The van der Waals surface area contributed by atoms with Crippen molar-refractivity contribution in [2.75, 3.05) is 0 Å². The van der Waals surface area contributed by atoms with Gasteiger partial charge in [0.05, 0.1) is 0 Å². The van der Waals surface area contributed by atoms with E-state index in [4.69, 9.17) is 4.74 Å². The fourth-order valence-electron chi connectivity index (χ4n) is 4.31. The summed E-state index contributed by atoms with van der Waals surface area (Å²) in [6.45, 7) is 13.3. The van der Waals surface area contributed by atoms with Gasteiger partial charge in [-0.2, -0.15) is 0 Å². The van der Waals surface area contributed by atoms with Gasteiger partial charge in [0.25, 0.3) is 0 Å². The van der Waals surface area contributed by atoms with Gasteiger partial charge in [-0.15, -0.1) is 0 Å². The maximum atomic E-state index is 13.8. The largest absolute Gasteiger partial charge is 0.444 e. The van der Waals surface area contributed by atoms with E-state index in [1.165, 1.54) is 0 Å². The topological polar surface area (TPSA) is 87.7 Å². The molecule has 2 aromatic rings. The molecule has 0 aromatic heterocycles. The Labute approximate surface area is 214 Å². The van der Waals surface area contributed by atoms with Crippen LogP contribution in [-0.2, 0) is 20.9 Å². The number of benzene rings is 2. The summed E-state index contributed by atoms with van der Waals surface area (Å²) < 4.78 is 5.35. The number of hydrogen-bond donors (Lipinski definition) is 2. The average Bonchev–Trinajstić information content (AvgIpc) is 3.52. The van der Waals surface area contributed by atoms with E-state index in [1.807, 2.05) is 62.4 Å². The lowest BCUT2D eigenvalue weighted by Gasteiger charge is -2.35. The minimum absolute atomic E-state index is 0.0900. The summed E-state index contributed by atoms with van der Waals surface area (Å²) in [5.74, 6) is -0.294. The van der Waals surface area contributed by atoms with Crippen LogP contribution in [0, 0.1) is 19.8 Å². The Morgan fingerprint density at radius 2 is 1.69 bits per heavy atom. The van der Waals surface area contributed by atoms with Crippen molar-refractivity contribution >= 4 is 17.9 Å². The summed E-state index contributed by atoms with van der Waals surface area (Å²) in [6, 6.07) is 13.7. The predicted octanol–water partition coefficient (Wildman–Crippen LogP) is 4.81. The van der Waals surface area contributed by atoms with Gasteiger partial charge in [0, 0.05) is 12.6 Å². The maximum absolute atomic E-state index is 13.8. The minimum atomic E-state index is -0.859. The number of nitrogens with zero attached hydrogens (tertiary/aromatic N) is 1. The fourth-order valence-corrected chi connectivity index (χ4v) is 4.31. The number of ether oxygens (including phenoxy) is 1. The van der Waals surface area contributed by atoms with E-state index in [0.717, 1.165) is 28.7 Å². The average molecular weight is 494 g/mol. The Kier molecular flexibility index (Phi) is 8.43. The van der Waals surface area contributed by atoms with Crippen molar-refractivity contribution in [3.05, 3.63) is 70.8 Å². The van der Waals surface area contributed by atoms with Gasteiger partial charge >= 0.3 is 6.09 Å². The third-order valence-electron chi connectivity index (χ3n) is 6.56. The van der Waals surface area contributed by atoms with E-state index in [2.05, 4.69) is 17.6 Å². The van der Waals surface area contributed by atoms with Gasteiger partial charge in [-0.25, -0.2) is 4.79 Å². The van der Waals surface area contributed by atoms with Gasteiger partial charge in [-0.1, -0.05) is 55.5 Å². The predicted molar refractivity (Wildman–Crippen MR) is 140 cm³/mol. The molecule has 7 heteroatoms. The van der Waals surface area contributed by atoms with Crippen molar-refractivity contribution < 1.29 is 19.1 Å². The highest BCUT2D eigenvalue weighted by atomic mass is 16.6.